The molecule has 2 amide bonds. The SMILES string of the molecule is N#Cc1cccc(N2CCN(C(=O)NC3CC3)CC2)c1. The number of anilines is 1. The Morgan fingerprint density at radius 3 is 2.65 bits per heavy atom. The number of nitrogens with one attached hydrogen (secondary N) is 1. The number of benzene rings is 1. The Labute approximate surface area is 118 Å². The van der Waals surface area contributed by atoms with Gasteiger partial charge in [-0.1, -0.05) is 6.07 Å². The van der Waals surface area contributed by atoms with E-state index in [1.54, 1.807) is 0 Å². The second-order valence-corrected chi connectivity index (χ2v) is 5.36. The third kappa shape index (κ3) is 2.85. The summed E-state index contributed by atoms with van der Waals surface area (Å²) in [5, 5.41) is 12.0. The Balaban J connectivity index is 1.57. The zero-order valence-corrected chi connectivity index (χ0v) is 11.4. The molecule has 0 bridgehead atoms. The smallest absolute Gasteiger partial charge is 0.317 e. The van der Waals surface area contributed by atoms with Crippen LogP contribution >= 0.6 is 0 Å². The predicted molar refractivity (Wildman–Crippen MR) is 76.5 cm³/mol. The lowest BCUT2D eigenvalue weighted by Gasteiger charge is -2.36. The lowest BCUT2D eigenvalue weighted by molar-refractivity contribution is 0.194. The molecular formula is C15H18N4O. The van der Waals surface area contributed by atoms with E-state index in [9.17, 15) is 4.79 Å². The van der Waals surface area contributed by atoms with Crippen LogP contribution < -0.4 is 10.2 Å². The van der Waals surface area contributed by atoms with Crippen molar-refractivity contribution in [3.05, 3.63) is 29.8 Å². The van der Waals surface area contributed by atoms with Gasteiger partial charge in [0.05, 0.1) is 11.6 Å². The van der Waals surface area contributed by atoms with Crippen molar-refractivity contribution < 1.29 is 4.79 Å². The summed E-state index contributed by atoms with van der Waals surface area (Å²) in [5.74, 6) is 0. The van der Waals surface area contributed by atoms with Crippen molar-refractivity contribution in [2.75, 3.05) is 31.1 Å². The molecule has 2 fully saturated rings. The Morgan fingerprint density at radius 2 is 2.00 bits per heavy atom. The molecule has 1 saturated heterocycles. The van der Waals surface area contributed by atoms with Crippen LogP contribution in [-0.4, -0.2) is 43.2 Å². The van der Waals surface area contributed by atoms with Gasteiger partial charge in [-0.25, -0.2) is 4.79 Å². The highest BCUT2D eigenvalue weighted by atomic mass is 16.2. The maximum absolute atomic E-state index is 11.9. The lowest BCUT2D eigenvalue weighted by atomic mass is 10.2. The molecule has 1 aliphatic heterocycles. The van der Waals surface area contributed by atoms with Crippen molar-refractivity contribution in [3.63, 3.8) is 0 Å². The van der Waals surface area contributed by atoms with Gasteiger partial charge in [-0.2, -0.15) is 5.26 Å². The van der Waals surface area contributed by atoms with Gasteiger partial charge >= 0.3 is 6.03 Å². The molecular weight excluding hydrogens is 252 g/mol. The summed E-state index contributed by atoms with van der Waals surface area (Å²) >= 11 is 0. The minimum Gasteiger partial charge on any atom is -0.368 e. The average Bonchev–Trinajstić information content (AvgIpc) is 3.31. The van der Waals surface area contributed by atoms with Crippen LogP contribution in [0.25, 0.3) is 0 Å². The number of amides is 2. The van der Waals surface area contributed by atoms with Crippen LogP contribution in [0.5, 0.6) is 0 Å². The molecule has 0 unspecified atom stereocenters. The van der Waals surface area contributed by atoms with Gasteiger partial charge in [0.2, 0.25) is 0 Å². The first-order chi connectivity index (χ1) is 9.76. The topological polar surface area (TPSA) is 59.4 Å². The fourth-order valence-corrected chi connectivity index (χ4v) is 2.43. The van der Waals surface area contributed by atoms with E-state index in [-0.39, 0.29) is 6.03 Å². The monoisotopic (exact) mass is 270 g/mol. The number of urea groups is 1. The van der Waals surface area contributed by atoms with Crippen LogP contribution in [0.1, 0.15) is 18.4 Å². The largest absolute Gasteiger partial charge is 0.368 e. The first kappa shape index (κ1) is 12.8. The fourth-order valence-electron chi connectivity index (χ4n) is 2.43. The molecule has 20 heavy (non-hydrogen) atoms. The van der Waals surface area contributed by atoms with Crippen molar-refractivity contribution in [3.8, 4) is 6.07 Å². The van der Waals surface area contributed by atoms with Crippen LogP contribution in [0.4, 0.5) is 10.5 Å². The predicted octanol–water partition coefficient (Wildman–Crippen LogP) is 1.55. The second-order valence-electron chi connectivity index (χ2n) is 5.36. The molecule has 1 saturated carbocycles. The molecule has 5 nitrogen and oxygen atoms in total. The summed E-state index contributed by atoms with van der Waals surface area (Å²) in [4.78, 5) is 16.0. The highest BCUT2D eigenvalue weighted by molar-refractivity contribution is 5.75. The first-order valence-corrected chi connectivity index (χ1v) is 7.07. The van der Waals surface area contributed by atoms with Gasteiger partial charge < -0.3 is 15.1 Å². The minimum absolute atomic E-state index is 0.0675. The maximum atomic E-state index is 11.9. The molecule has 2 aliphatic rings. The quantitative estimate of drug-likeness (QED) is 0.887. The highest BCUT2D eigenvalue weighted by Crippen LogP contribution is 2.20. The molecule has 0 radical (unpaired) electrons. The summed E-state index contributed by atoms with van der Waals surface area (Å²) in [6.45, 7) is 3.09. The van der Waals surface area contributed by atoms with Gasteiger partial charge in [-0.05, 0) is 31.0 Å². The fraction of sp³-hybridized carbons (Fsp3) is 0.467. The summed E-state index contributed by atoms with van der Waals surface area (Å²) in [6.07, 6.45) is 2.24. The number of carbonyl (C=O) groups excluding carboxylic acids is 1. The van der Waals surface area contributed by atoms with Crippen molar-refractivity contribution in [1.82, 2.24) is 10.2 Å². The van der Waals surface area contributed by atoms with Crippen molar-refractivity contribution in [1.29, 1.82) is 5.26 Å². The van der Waals surface area contributed by atoms with E-state index in [0.29, 0.717) is 11.6 Å². The van der Waals surface area contributed by atoms with Crippen LogP contribution in [0.2, 0.25) is 0 Å². The van der Waals surface area contributed by atoms with E-state index in [1.165, 1.54) is 0 Å². The molecule has 104 valence electrons. The van der Waals surface area contributed by atoms with Gasteiger partial charge in [-0.15, -0.1) is 0 Å². The molecule has 3 rings (SSSR count). The maximum Gasteiger partial charge on any atom is 0.317 e. The van der Waals surface area contributed by atoms with Gasteiger partial charge in [0.25, 0.3) is 0 Å². The van der Waals surface area contributed by atoms with Crippen LogP contribution in [0.15, 0.2) is 24.3 Å². The summed E-state index contributed by atoms with van der Waals surface area (Å²) in [5.41, 5.74) is 1.74. The third-order valence-corrected chi connectivity index (χ3v) is 3.81. The van der Waals surface area contributed by atoms with Crippen molar-refractivity contribution in [2.45, 2.75) is 18.9 Å². The molecule has 0 spiro atoms. The summed E-state index contributed by atoms with van der Waals surface area (Å²) in [6, 6.07) is 10.3. The number of hydrogen-bond acceptors (Lipinski definition) is 3. The number of piperazine rings is 1. The van der Waals surface area contributed by atoms with E-state index in [1.807, 2.05) is 29.2 Å². The third-order valence-electron chi connectivity index (χ3n) is 3.81. The summed E-state index contributed by atoms with van der Waals surface area (Å²) in [7, 11) is 0. The molecule has 0 atom stereocenters. The van der Waals surface area contributed by atoms with Crippen LogP contribution in [-0.2, 0) is 0 Å². The number of hydrogen-bond donors (Lipinski definition) is 1. The van der Waals surface area contributed by atoms with Gasteiger partial charge in [0, 0.05) is 37.9 Å². The van der Waals surface area contributed by atoms with Crippen LogP contribution in [0, 0.1) is 11.3 Å². The Morgan fingerprint density at radius 1 is 1.25 bits per heavy atom. The number of rotatable bonds is 2. The molecule has 0 aromatic heterocycles. The highest BCUT2D eigenvalue weighted by Gasteiger charge is 2.27. The molecule has 1 aromatic carbocycles. The molecule has 1 aromatic rings. The van der Waals surface area contributed by atoms with Crippen molar-refractivity contribution >= 4 is 11.7 Å². The normalized spacial score (nSPS) is 18.6. The first-order valence-electron chi connectivity index (χ1n) is 7.07. The zero-order valence-electron chi connectivity index (χ0n) is 11.4. The van der Waals surface area contributed by atoms with E-state index < -0.39 is 0 Å². The van der Waals surface area contributed by atoms with E-state index in [0.717, 1.165) is 44.7 Å². The lowest BCUT2D eigenvalue weighted by Crippen LogP contribution is -2.52. The molecule has 1 heterocycles. The van der Waals surface area contributed by atoms with Gasteiger partial charge in [0.15, 0.2) is 0 Å². The second kappa shape index (κ2) is 5.41. The van der Waals surface area contributed by atoms with Gasteiger partial charge in [0.1, 0.15) is 0 Å². The van der Waals surface area contributed by atoms with E-state index in [4.69, 9.17) is 5.26 Å². The molecule has 1 aliphatic carbocycles. The average molecular weight is 270 g/mol. The number of nitrogens with zero attached hydrogens (tertiary/aromatic N) is 3. The van der Waals surface area contributed by atoms with Crippen LogP contribution in [0.3, 0.4) is 0 Å². The minimum atomic E-state index is 0.0675. The van der Waals surface area contributed by atoms with E-state index in [2.05, 4.69) is 16.3 Å². The standard InChI is InChI=1S/C15H18N4O/c16-11-12-2-1-3-14(10-12)18-6-8-19(9-7-18)15(20)17-13-4-5-13/h1-3,10,13H,4-9H2,(H,17,20). The molecule has 1 N–H and O–H groups in total. The Bertz CT molecular complexity index is 539. The Kier molecular flexibility index (Phi) is 3.46. The van der Waals surface area contributed by atoms with Gasteiger partial charge in [-0.3, -0.25) is 0 Å². The zero-order chi connectivity index (χ0) is 13.9. The molecule has 5 heteroatoms. The summed E-state index contributed by atoms with van der Waals surface area (Å²) < 4.78 is 0. The number of nitriles is 1. The van der Waals surface area contributed by atoms with Crippen molar-refractivity contribution in [2.24, 2.45) is 0 Å². The number of carbonyl (C=O) groups is 1. The van der Waals surface area contributed by atoms with E-state index >= 15 is 0 Å². The Hall–Kier alpha value is -2.22.